The SMILES string of the molecule is CC(C)(C)OC(=O)NOCCOCCOCCOCCOCCOCC(=O)N(CCOCCNC(=O)OCc1ccccc1)CCOCCNC(=O)OCc1ccccc1. The van der Waals surface area contributed by atoms with Crippen LogP contribution in [0.25, 0.3) is 0 Å². The van der Waals surface area contributed by atoms with E-state index in [0.717, 1.165) is 11.1 Å². The van der Waals surface area contributed by atoms with Crippen molar-refractivity contribution in [1.29, 1.82) is 0 Å². The number of nitrogens with zero attached hydrogens (tertiary/aromatic N) is 1. The molecule has 2 aromatic carbocycles. The summed E-state index contributed by atoms with van der Waals surface area (Å²) in [5.74, 6) is -0.260. The molecule has 0 aliphatic rings. The highest BCUT2D eigenvalue weighted by Crippen LogP contribution is 2.06. The maximum atomic E-state index is 13.0. The molecule has 338 valence electrons. The van der Waals surface area contributed by atoms with Gasteiger partial charge in [0.15, 0.2) is 0 Å². The summed E-state index contributed by atoms with van der Waals surface area (Å²) in [6.07, 6.45) is -1.77. The summed E-state index contributed by atoms with van der Waals surface area (Å²) in [6, 6.07) is 18.7. The molecule has 0 atom stereocenters. The lowest BCUT2D eigenvalue weighted by Gasteiger charge is -2.23. The summed E-state index contributed by atoms with van der Waals surface area (Å²) in [4.78, 5) is 54.9. The number of carbonyl (C=O) groups excluding carboxylic acids is 4. The first-order chi connectivity index (χ1) is 29.1. The van der Waals surface area contributed by atoms with Crippen molar-refractivity contribution >= 4 is 24.2 Å². The first kappa shape index (κ1) is 51.5. The summed E-state index contributed by atoms with van der Waals surface area (Å²) in [5.41, 5.74) is 3.34. The number of rotatable bonds is 34. The van der Waals surface area contributed by atoms with Crippen molar-refractivity contribution in [3.05, 3.63) is 71.8 Å². The Hall–Kier alpha value is -4.60. The highest BCUT2D eigenvalue weighted by Gasteiger charge is 2.16. The van der Waals surface area contributed by atoms with Crippen LogP contribution in [0.5, 0.6) is 0 Å². The molecule has 3 N–H and O–H groups in total. The molecule has 0 spiro atoms. The normalized spacial score (nSPS) is 11.1. The van der Waals surface area contributed by atoms with E-state index in [1.54, 1.807) is 25.7 Å². The molecule has 19 heteroatoms. The quantitative estimate of drug-likeness (QED) is 0.0525. The van der Waals surface area contributed by atoms with Gasteiger partial charge in [-0.15, -0.1) is 0 Å². The van der Waals surface area contributed by atoms with Gasteiger partial charge >= 0.3 is 18.3 Å². The lowest BCUT2D eigenvalue weighted by atomic mass is 10.2. The lowest BCUT2D eigenvalue weighted by Crippen LogP contribution is -2.39. The van der Waals surface area contributed by atoms with Gasteiger partial charge in [-0.25, -0.2) is 14.4 Å². The lowest BCUT2D eigenvalue weighted by molar-refractivity contribution is -0.138. The van der Waals surface area contributed by atoms with E-state index in [1.807, 2.05) is 60.7 Å². The molecule has 0 saturated carbocycles. The Kier molecular flexibility index (Phi) is 29.3. The number of hydroxylamine groups is 1. The fraction of sp³-hybridized carbons (Fsp3) is 0.610. The molecule has 19 nitrogen and oxygen atoms in total. The Morgan fingerprint density at radius 1 is 0.500 bits per heavy atom. The Labute approximate surface area is 352 Å². The fourth-order valence-corrected chi connectivity index (χ4v) is 4.55. The molecule has 4 amide bonds. The van der Waals surface area contributed by atoms with Gasteiger partial charge in [-0.2, -0.15) is 5.48 Å². The van der Waals surface area contributed by atoms with Gasteiger partial charge in [0.1, 0.15) is 25.4 Å². The number of amides is 4. The minimum Gasteiger partial charge on any atom is -0.445 e. The van der Waals surface area contributed by atoms with Crippen molar-refractivity contribution in [3.8, 4) is 0 Å². The van der Waals surface area contributed by atoms with E-state index in [2.05, 4.69) is 16.1 Å². The molecule has 0 unspecified atom stereocenters. The molecular weight excluding hydrogens is 788 g/mol. The van der Waals surface area contributed by atoms with Crippen LogP contribution in [-0.2, 0) is 70.2 Å². The Balaban J connectivity index is 1.52. The second-order valence-corrected chi connectivity index (χ2v) is 13.5. The van der Waals surface area contributed by atoms with Gasteiger partial charge in [-0.3, -0.25) is 9.63 Å². The third kappa shape index (κ3) is 30.4. The number of benzene rings is 2. The van der Waals surface area contributed by atoms with E-state index in [9.17, 15) is 19.2 Å². The number of nitrogens with one attached hydrogen (secondary N) is 3. The zero-order chi connectivity index (χ0) is 43.4. The van der Waals surface area contributed by atoms with Crippen LogP contribution in [0.15, 0.2) is 60.7 Å². The van der Waals surface area contributed by atoms with Gasteiger partial charge in [0, 0.05) is 26.2 Å². The topological polar surface area (TPSA) is 209 Å². The maximum Gasteiger partial charge on any atom is 0.431 e. The predicted molar refractivity (Wildman–Crippen MR) is 217 cm³/mol. The van der Waals surface area contributed by atoms with E-state index in [-0.39, 0.29) is 105 Å². The largest absolute Gasteiger partial charge is 0.445 e. The minimum atomic E-state index is -0.663. The molecule has 2 rings (SSSR count). The maximum absolute atomic E-state index is 13.0. The van der Waals surface area contributed by atoms with Crippen LogP contribution < -0.4 is 16.1 Å². The van der Waals surface area contributed by atoms with E-state index < -0.39 is 23.9 Å². The third-order valence-electron chi connectivity index (χ3n) is 7.42. The van der Waals surface area contributed by atoms with Crippen molar-refractivity contribution in [2.24, 2.45) is 0 Å². The number of ether oxygens (including phenoxy) is 10. The summed E-state index contributed by atoms with van der Waals surface area (Å²) < 4.78 is 54.1. The van der Waals surface area contributed by atoms with Gasteiger partial charge < -0.3 is 62.9 Å². The van der Waals surface area contributed by atoms with Gasteiger partial charge in [0.05, 0.1) is 92.5 Å². The molecule has 0 aromatic heterocycles. The van der Waals surface area contributed by atoms with Crippen LogP contribution in [0.2, 0.25) is 0 Å². The van der Waals surface area contributed by atoms with Crippen molar-refractivity contribution in [2.45, 2.75) is 39.6 Å². The second kappa shape index (κ2) is 34.1. The van der Waals surface area contributed by atoms with Crippen LogP contribution in [0.3, 0.4) is 0 Å². The molecule has 0 saturated heterocycles. The van der Waals surface area contributed by atoms with E-state index in [4.69, 9.17) is 52.2 Å². The zero-order valence-corrected chi connectivity index (χ0v) is 35.2. The van der Waals surface area contributed by atoms with Crippen LogP contribution in [-0.4, -0.2) is 160 Å². The monoisotopic (exact) mass is 852 g/mol. The van der Waals surface area contributed by atoms with Gasteiger partial charge in [0.2, 0.25) is 5.91 Å². The summed E-state index contributed by atoms with van der Waals surface area (Å²) in [6.45, 7) is 10.5. The first-order valence-electron chi connectivity index (χ1n) is 19.9. The van der Waals surface area contributed by atoms with Crippen molar-refractivity contribution < 1.29 is 71.4 Å². The molecular formula is C41H64N4O15. The summed E-state index contributed by atoms with van der Waals surface area (Å²) in [7, 11) is 0. The highest BCUT2D eigenvalue weighted by atomic mass is 16.7. The zero-order valence-electron chi connectivity index (χ0n) is 35.2. The van der Waals surface area contributed by atoms with E-state index in [0.29, 0.717) is 39.6 Å². The first-order valence-corrected chi connectivity index (χ1v) is 19.9. The van der Waals surface area contributed by atoms with Gasteiger partial charge in [0.25, 0.3) is 0 Å². The number of hydrogen-bond acceptors (Lipinski definition) is 15. The second-order valence-electron chi connectivity index (χ2n) is 13.5. The van der Waals surface area contributed by atoms with E-state index in [1.165, 1.54) is 0 Å². The average Bonchev–Trinajstić information content (AvgIpc) is 3.23. The number of carbonyl (C=O) groups is 4. The van der Waals surface area contributed by atoms with Crippen molar-refractivity contribution in [1.82, 2.24) is 21.0 Å². The van der Waals surface area contributed by atoms with Crippen LogP contribution in [0, 0.1) is 0 Å². The van der Waals surface area contributed by atoms with Crippen LogP contribution in [0.1, 0.15) is 31.9 Å². The molecule has 2 aromatic rings. The summed E-state index contributed by atoms with van der Waals surface area (Å²) in [5, 5.41) is 5.27. The Morgan fingerprint density at radius 2 is 0.900 bits per heavy atom. The molecule has 0 aliphatic carbocycles. The minimum absolute atomic E-state index is 0.164. The molecule has 0 fully saturated rings. The summed E-state index contributed by atoms with van der Waals surface area (Å²) >= 11 is 0. The third-order valence-corrected chi connectivity index (χ3v) is 7.42. The van der Waals surface area contributed by atoms with Gasteiger partial charge in [-0.1, -0.05) is 60.7 Å². The molecule has 0 bridgehead atoms. The number of hydrogen-bond donors (Lipinski definition) is 3. The predicted octanol–water partition coefficient (Wildman–Crippen LogP) is 3.24. The van der Waals surface area contributed by atoms with Crippen LogP contribution in [0.4, 0.5) is 14.4 Å². The molecule has 0 aliphatic heterocycles. The van der Waals surface area contributed by atoms with Crippen molar-refractivity contribution in [3.63, 3.8) is 0 Å². The fourth-order valence-electron chi connectivity index (χ4n) is 4.55. The standard InChI is InChI=1S/C41H64N4O15/c1-41(2,3)60-40(49)44-59-31-30-55-27-26-53-23-22-52-24-25-54-28-29-56-34-37(46)45(16-20-50-18-14-42-38(47)57-32-35-10-6-4-7-11-35)17-21-51-19-15-43-39(48)58-33-36-12-8-5-9-13-36/h4-13H,14-34H2,1-3H3,(H,42,47)(H,43,48)(H,44,49). The average molecular weight is 853 g/mol. The molecule has 60 heavy (non-hydrogen) atoms. The van der Waals surface area contributed by atoms with Crippen LogP contribution >= 0.6 is 0 Å². The highest BCUT2D eigenvalue weighted by molar-refractivity contribution is 5.77. The molecule has 0 heterocycles. The molecule has 0 radical (unpaired) electrons. The van der Waals surface area contributed by atoms with Crippen molar-refractivity contribution in [2.75, 3.05) is 125 Å². The Morgan fingerprint density at radius 3 is 1.33 bits per heavy atom. The smallest absolute Gasteiger partial charge is 0.431 e. The Bertz CT molecular complexity index is 1340. The number of alkyl carbamates (subject to hydrolysis) is 2. The van der Waals surface area contributed by atoms with E-state index >= 15 is 0 Å². The van der Waals surface area contributed by atoms with Gasteiger partial charge in [-0.05, 0) is 31.9 Å².